The van der Waals surface area contributed by atoms with Gasteiger partial charge >= 0.3 is 0 Å². The first-order valence-electron chi connectivity index (χ1n) is 7.92. The molecule has 0 aliphatic carbocycles. The molecule has 1 aliphatic heterocycles. The Kier molecular flexibility index (Phi) is 10.1. The van der Waals surface area contributed by atoms with Crippen LogP contribution in [0.25, 0.3) is 0 Å². The van der Waals surface area contributed by atoms with Crippen LogP contribution in [0.3, 0.4) is 0 Å². The smallest absolute Gasteiger partial charge is 0.193 e. The molecule has 1 aliphatic rings. The molecule has 1 fully saturated rings. The van der Waals surface area contributed by atoms with Crippen molar-refractivity contribution in [3.8, 4) is 0 Å². The summed E-state index contributed by atoms with van der Waals surface area (Å²) in [7, 11) is 3.93. The number of thiophene rings is 1. The second-order valence-electron chi connectivity index (χ2n) is 5.93. The minimum Gasteiger partial charge on any atom is -0.379 e. The van der Waals surface area contributed by atoms with Crippen LogP contribution in [0.5, 0.6) is 0 Å². The van der Waals surface area contributed by atoms with Gasteiger partial charge in [0.05, 0.1) is 13.2 Å². The van der Waals surface area contributed by atoms with E-state index in [0.717, 1.165) is 51.9 Å². The predicted octanol–water partition coefficient (Wildman–Crippen LogP) is 2.34. The standard InChI is InChI=1S/C16H28N4OS.HI/c1-14(11-20-5-7-21-8-6-20)10-18-16(17-2)19(3)12-15-4-9-22-13-15;/h4,9,13-14H,5-8,10-12H2,1-3H3,(H,17,18);1H. The Morgan fingerprint density at radius 2 is 2.22 bits per heavy atom. The lowest BCUT2D eigenvalue weighted by Gasteiger charge is -2.30. The van der Waals surface area contributed by atoms with Crippen LogP contribution >= 0.6 is 35.3 Å². The largest absolute Gasteiger partial charge is 0.379 e. The second kappa shape index (κ2) is 11.2. The summed E-state index contributed by atoms with van der Waals surface area (Å²) in [6.07, 6.45) is 0. The summed E-state index contributed by atoms with van der Waals surface area (Å²) in [4.78, 5) is 9.04. The van der Waals surface area contributed by atoms with Gasteiger partial charge in [0.25, 0.3) is 0 Å². The lowest BCUT2D eigenvalue weighted by Crippen LogP contribution is -2.44. The highest BCUT2D eigenvalue weighted by molar-refractivity contribution is 14.0. The van der Waals surface area contributed by atoms with Crippen LogP contribution in [0.15, 0.2) is 21.8 Å². The fourth-order valence-corrected chi connectivity index (χ4v) is 3.33. The summed E-state index contributed by atoms with van der Waals surface area (Å²) in [5.74, 6) is 1.55. The number of ether oxygens (including phenoxy) is 1. The van der Waals surface area contributed by atoms with Crippen LogP contribution < -0.4 is 5.32 Å². The van der Waals surface area contributed by atoms with Crippen molar-refractivity contribution in [3.05, 3.63) is 22.4 Å². The molecule has 0 saturated carbocycles. The quantitative estimate of drug-likeness (QED) is 0.409. The first kappa shape index (κ1) is 20.7. The zero-order valence-corrected chi connectivity index (χ0v) is 17.5. The van der Waals surface area contributed by atoms with Gasteiger partial charge in [-0.3, -0.25) is 9.89 Å². The van der Waals surface area contributed by atoms with E-state index >= 15 is 0 Å². The Morgan fingerprint density at radius 1 is 1.48 bits per heavy atom. The molecule has 1 aromatic heterocycles. The van der Waals surface area contributed by atoms with Crippen LogP contribution in [0.1, 0.15) is 12.5 Å². The first-order valence-corrected chi connectivity index (χ1v) is 8.86. The van der Waals surface area contributed by atoms with Crippen molar-refractivity contribution < 1.29 is 4.74 Å². The highest BCUT2D eigenvalue weighted by atomic mass is 127. The van der Waals surface area contributed by atoms with Crippen molar-refractivity contribution in [2.75, 3.05) is 53.5 Å². The molecular formula is C16H29IN4OS. The third kappa shape index (κ3) is 7.36. The molecule has 23 heavy (non-hydrogen) atoms. The number of hydrogen-bond acceptors (Lipinski definition) is 4. The van der Waals surface area contributed by atoms with Crippen molar-refractivity contribution in [1.82, 2.24) is 15.1 Å². The molecule has 132 valence electrons. The fraction of sp³-hybridized carbons (Fsp3) is 0.688. The number of guanidine groups is 1. The summed E-state index contributed by atoms with van der Waals surface area (Å²) < 4.78 is 5.40. The molecule has 5 nitrogen and oxygen atoms in total. The zero-order valence-electron chi connectivity index (χ0n) is 14.3. The van der Waals surface area contributed by atoms with Gasteiger partial charge < -0.3 is 15.0 Å². The number of morpholine rings is 1. The van der Waals surface area contributed by atoms with Gasteiger partial charge in [-0.1, -0.05) is 6.92 Å². The normalized spacial score (nSPS) is 17.4. The Morgan fingerprint density at radius 3 is 2.83 bits per heavy atom. The minimum absolute atomic E-state index is 0. The molecule has 1 unspecified atom stereocenters. The van der Waals surface area contributed by atoms with Crippen LogP contribution in [0, 0.1) is 5.92 Å². The van der Waals surface area contributed by atoms with E-state index in [1.54, 1.807) is 11.3 Å². The molecule has 2 heterocycles. The first-order chi connectivity index (χ1) is 10.7. The molecule has 1 aromatic rings. The number of rotatable bonds is 6. The van der Waals surface area contributed by atoms with Crippen LogP contribution in [0.4, 0.5) is 0 Å². The maximum absolute atomic E-state index is 5.40. The van der Waals surface area contributed by atoms with Crippen LogP contribution in [-0.2, 0) is 11.3 Å². The maximum Gasteiger partial charge on any atom is 0.193 e. The Labute approximate surface area is 161 Å². The van der Waals surface area contributed by atoms with Gasteiger partial charge in [0, 0.05) is 46.8 Å². The number of halogens is 1. The van der Waals surface area contributed by atoms with Crippen molar-refractivity contribution in [3.63, 3.8) is 0 Å². The van der Waals surface area contributed by atoms with Gasteiger partial charge in [-0.2, -0.15) is 11.3 Å². The van der Waals surface area contributed by atoms with Crippen molar-refractivity contribution in [1.29, 1.82) is 0 Å². The van der Waals surface area contributed by atoms with Gasteiger partial charge in [0.15, 0.2) is 5.96 Å². The Bertz CT molecular complexity index is 449. The van der Waals surface area contributed by atoms with Crippen molar-refractivity contribution in [2.24, 2.45) is 10.9 Å². The minimum atomic E-state index is 0. The van der Waals surface area contributed by atoms with Gasteiger partial charge in [0.2, 0.25) is 0 Å². The van der Waals surface area contributed by atoms with E-state index in [9.17, 15) is 0 Å². The zero-order chi connectivity index (χ0) is 15.8. The molecule has 2 rings (SSSR count). The van der Waals surface area contributed by atoms with Gasteiger partial charge in [0.1, 0.15) is 0 Å². The number of nitrogens with zero attached hydrogens (tertiary/aromatic N) is 3. The molecule has 0 bridgehead atoms. The Hall–Kier alpha value is -0.380. The summed E-state index contributed by atoms with van der Waals surface area (Å²) in [5.41, 5.74) is 1.33. The van der Waals surface area contributed by atoms with Gasteiger partial charge in [-0.15, -0.1) is 24.0 Å². The molecule has 0 spiro atoms. The maximum atomic E-state index is 5.40. The number of aliphatic imine (C=N–C) groups is 1. The topological polar surface area (TPSA) is 40.1 Å². The molecule has 0 radical (unpaired) electrons. The number of hydrogen-bond donors (Lipinski definition) is 1. The molecule has 1 atom stereocenters. The van der Waals surface area contributed by atoms with Crippen LogP contribution in [-0.4, -0.2) is 69.2 Å². The second-order valence-corrected chi connectivity index (χ2v) is 6.71. The third-order valence-electron chi connectivity index (χ3n) is 3.86. The highest BCUT2D eigenvalue weighted by Crippen LogP contribution is 2.08. The van der Waals surface area contributed by atoms with Gasteiger partial charge in [-0.05, 0) is 28.3 Å². The molecule has 1 saturated heterocycles. The van der Waals surface area contributed by atoms with E-state index in [0.29, 0.717) is 5.92 Å². The summed E-state index contributed by atoms with van der Waals surface area (Å²) in [5, 5.41) is 7.79. The SMILES string of the molecule is CN=C(NCC(C)CN1CCOCC1)N(C)Cc1ccsc1.I. The van der Waals surface area contributed by atoms with E-state index in [4.69, 9.17) is 4.74 Å². The molecule has 7 heteroatoms. The van der Waals surface area contributed by atoms with Crippen molar-refractivity contribution >= 4 is 41.3 Å². The highest BCUT2D eigenvalue weighted by Gasteiger charge is 2.14. The average Bonchev–Trinajstić information content (AvgIpc) is 3.01. The van der Waals surface area contributed by atoms with E-state index in [2.05, 4.69) is 50.9 Å². The van der Waals surface area contributed by atoms with Gasteiger partial charge in [-0.25, -0.2) is 0 Å². The van der Waals surface area contributed by atoms with E-state index < -0.39 is 0 Å². The predicted molar refractivity (Wildman–Crippen MR) is 109 cm³/mol. The molecule has 0 amide bonds. The van der Waals surface area contributed by atoms with E-state index in [-0.39, 0.29) is 24.0 Å². The molecular weight excluding hydrogens is 423 g/mol. The lowest BCUT2D eigenvalue weighted by molar-refractivity contribution is 0.0320. The monoisotopic (exact) mass is 452 g/mol. The third-order valence-corrected chi connectivity index (χ3v) is 4.59. The average molecular weight is 452 g/mol. The number of nitrogens with one attached hydrogen (secondary N) is 1. The van der Waals surface area contributed by atoms with Crippen molar-refractivity contribution in [2.45, 2.75) is 13.5 Å². The molecule has 0 aromatic carbocycles. The van der Waals surface area contributed by atoms with E-state index in [1.807, 2.05) is 7.05 Å². The van der Waals surface area contributed by atoms with Crippen LogP contribution in [0.2, 0.25) is 0 Å². The molecule has 1 N–H and O–H groups in total. The summed E-state index contributed by atoms with van der Waals surface area (Å²) >= 11 is 1.74. The summed E-state index contributed by atoms with van der Waals surface area (Å²) in [6, 6.07) is 2.16. The lowest BCUT2D eigenvalue weighted by atomic mass is 10.1. The van der Waals surface area contributed by atoms with E-state index in [1.165, 1.54) is 5.56 Å². The fourth-order valence-electron chi connectivity index (χ4n) is 2.67. The Balaban J connectivity index is 0.00000264. The summed E-state index contributed by atoms with van der Waals surface area (Å²) in [6.45, 7) is 9.07.